The predicted octanol–water partition coefficient (Wildman–Crippen LogP) is 2.81. The lowest BCUT2D eigenvalue weighted by Gasteiger charge is -2.06. The van der Waals surface area contributed by atoms with Crippen LogP contribution in [0.15, 0.2) is 18.5 Å². The second kappa shape index (κ2) is 6.95. The molecule has 5 nitrogen and oxygen atoms in total. The summed E-state index contributed by atoms with van der Waals surface area (Å²) in [5.74, 6) is 0.794. The van der Waals surface area contributed by atoms with Crippen LogP contribution in [0.25, 0.3) is 5.52 Å². The maximum atomic E-state index is 12.6. The fraction of sp³-hybridized carbons (Fsp3) is 0.500. The van der Waals surface area contributed by atoms with Crippen LogP contribution in [0, 0.1) is 0 Å². The van der Waals surface area contributed by atoms with Crippen LogP contribution in [0.5, 0.6) is 0 Å². The molecule has 0 radical (unpaired) electrons. The lowest BCUT2D eigenvalue weighted by Crippen LogP contribution is -2.08. The van der Waals surface area contributed by atoms with Gasteiger partial charge in [-0.3, -0.25) is 0 Å². The second-order valence-corrected chi connectivity index (χ2v) is 4.59. The first-order valence-electron chi connectivity index (χ1n) is 6.31. The molecule has 0 fully saturated rings. The monoisotopic (exact) mass is 322 g/mol. The Hall–Kier alpha value is -1.54. The molecule has 0 aromatic carbocycles. The molecule has 2 aromatic heterocycles. The van der Waals surface area contributed by atoms with Gasteiger partial charge in [-0.15, -0.1) is 11.6 Å². The van der Waals surface area contributed by atoms with Crippen molar-refractivity contribution in [1.82, 2.24) is 14.6 Å². The van der Waals surface area contributed by atoms with Gasteiger partial charge in [-0.25, -0.2) is 9.50 Å². The predicted molar refractivity (Wildman–Crippen MR) is 72.6 cm³/mol. The lowest BCUT2D eigenvalue weighted by atomic mass is 10.3. The molecule has 0 atom stereocenters. The molecule has 0 spiro atoms. The van der Waals surface area contributed by atoms with Gasteiger partial charge < -0.3 is 10.1 Å². The van der Waals surface area contributed by atoms with Gasteiger partial charge in [0.05, 0.1) is 6.61 Å². The van der Waals surface area contributed by atoms with Gasteiger partial charge in [0.1, 0.15) is 5.52 Å². The van der Waals surface area contributed by atoms with E-state index in [4.69, 9.17) is 16.3 Å². The number of anilines is 1. The first kappa shape index (κ1) is 15.8. The first-order valence-corrected chi connectivity index (χ1v) is 6.85. The highest BCUT2D eigenvalue weighted by Gasteiger charge is 2.34. The summed E-state index contributed by atoms with van der Waals surface area (Å²) in [6.07, 6.45) is -1.01. The summed E-state index contributed by atoms with van der Waals surface area (Å²) in [4.78, 5) is 4.04. The third kappa shape index (κ3) is 4.21. The summed E-state index contributed by atoms with van der Waals surface area (Å²) >= 11 is 5.46. The van der Waals surface area contributed by atoms with E-state index in [1.54, 1.807) is 0 Å². The topological polar surface area (TPSA) is 51.5 Å². The highest BCUT2D eigenvalue weighted by atomic mass is 35.5. The molecular formula is C12H14ClF3N4O. The van der Waals surface area contributed by atoms with Gasteiger partial charge in [0, 0.05) is 37.5 Å². The quantitative estimate of drug-likeness (QED) is 0.629. The lowest BCUT2D eigenvalue weighted by molar-refractivity contribution is -0.141. The van der Waals surface area contributed by atoms with Crippen LogP contribution in [0.4, 0.5) is 19.0 Å². The van der Waals surface area contributed by atoms with E-state index in [-0.39, 0.29) is 5.52 Å². The Morgan fingerprint density at radius 1 is 1.33 bits per heavy atom. The normalized spacial score (nSPS) is 12.0. The average Bonchev–Trinajstić information content (AvgIpc) is 2.87. The van der Waals surface area contributed by atoms with Crippen LogP contribution in [-0.2, 0) is 10.9 Å². The van der Waals surface area contributed by atoms with Gasteiger partial charge in [0.15, 0.2) is 11.5 Å². The summed E-state index contributed by atoms with van der Waals surface area (Å²) in [5, 5.41) is 6.46. The number of alkyl halides is 4. The Kier molecular flexibility index (Phi) is 5.24. The molecule has 0 bridgehead atoms. The van der Waals surface area contributed by atoms with Gasteiger partial charge >= 0.3 is 6.18 Å². The van der Waals surface area contributed by atoms with Gasteiger partial charge in [-0.1, -0.05) is 0 Å². The zero-order valence-corrected chi connectivity index (χ0v) is 11.8. The molecule has 0 unspecified atom stereocenters. The highest BCUT2D eigenvalue weighted by Crippen LogP contribution is 2.29. The van der Waals surface area contributed by atoms with E-state index in [0.29, 0.717) is 37.9 Å². The van der Waals surface area contributed by atoms with Crippen molar-refractivity contribution >= 4 is 22.9 Å². The Labute approximate surface area is 124 Å². The Morgan fingerprint density at radius 2 is 2.14 bits per heavy atom. The molecule has 116 valence electrons. The standard InChI is InChI=1S/C12H14ClF3N4O/c13-2-7-21-6-1-3-17-11-9-8-10(12(14,15)16)19-20(9)5-4-18-11/h4-5,8H,1-3,6-7H2,(H,17,18). The maximum Gasteiger partial charge on any atom is 0.435 e. The van der Waals surface area contributed by atoms with E-state index in [1.807, 2.05) is 0 Å². The smallest absolute Gasteiger partial charge is 0.380 e. The molecule has 0 aliphatic carbocycles. The molecule has 0 saturated carbocycles. The maximum absolute atomic E-state index is 12.6. The Bertz CT molecular complexity index is 587. The minimum Gasteiger partial charge on any atom is -0.380 e. The zero-order chi connectivity index (χ0) is 15.3. The van der Waals surface area contributed by atoms with Crippen LogP contribution in [0.2, 0.25) is 0 Å². The minimum atomic E-state index is -4.47. The average molecular weight is 323 g/mol. The van der Waals surface area contributed by atoms with Gasteiger partial charge in [0.2, 0.25) is 0 Å². The van der Waals surface area contributed by atoms with Gasteiger partial charge in [0.25, 0.3) is 0 Å². The van der Waals surface area contributed by atoms with Crippen LogP contribution >= 0.6 is 11.6 Å². The molecule has 2 heterocycles. The summed E-state index contributed by atoms with van der Waals surface area (Å²) in [5.41, 5.74) is -0.657. The van der Waals surface area contributed by atoms with Crippen molar-refractivity contribution in [3.63, 3.8) is 0 Å². The number of nitrogens with zero attached hydrogens (tertiary/aromatic N) is 3. The molecule has 0 aliphatic rings. The van der Waals surface area contributed by atoms with E-state index in [1.165, 1.54) is 12.4 Å². The van der Waals surface area contributed by atoms with E-state index < -0.39 is 11.9 Å². The Balaban J connectivity index is 2.01. The number of ether oxygens (including phenoxy) is 1. The van der Waals surface area contributed by atoms with E-state index in [2.05, 4.69) is 15.4 Å². The molecule has 0 saturated heterocycles. The molecule has 0 amide bonds. The van der Waals surface area contributed by atoms with E-state index >= 15 is 0 Å². The fourth-order valence-electron chi connectivity index (χ4n) is 1.73. The van der Waals surface area contributed by atoms with Crippen LogP contribution in [0.1, 0.15) is 12.1 Å². The molecule has 9 heteroatoms. The molecule has 1 N–H and O–H groups in total. The van der Waals surface area contributed by atoms with Crippen molar-refractivity contribution in [1.29, 1.82) is 0 Å². The summed E-state index contributed by atoms with van der Waals surface area (Å²) in [6.45, 7) is 1.53. The highest BCUT2D eigenvalue weighted by molar-refractivity contribution is 6.17. The third-order valence-corrected chi connectivity index (χ3v) is 2.81. The summed E-state index contributed by atoms with van der Waals surface area (Å²) in [7, 11) is 0. The molecule has 0 aliphatic heterocycles. The van der Waals surface area contributed by atoms with Gasteiger partial charge in [-0.2, -0.15) is 18.3 Å². The number of hydrogen-bond acceptors (Lipinski definition) is 4. The third-order valence-electron chi connectivity index (χ3n) is 2.66. The number of nitrogens with one attached hydrogen (secondary N) is 1. The molecular weight excluding hydrogens is 309 g/mol. The minimum absolute atomic E-state index is 0.284. The van der Waals surface area contributed by atoms with Crippen molar-refractivity contribution in [2.45, 2.75) is 12.6 Å². The molecule has 21 heavy (non-hydrogen) atoms. The number of aromatic nitrogens is 3. The number of hydrogen-bond donors (Lipinski definition) is 1. The van der Waals surface area contributed by atoms with Crippen LogP contribution in [0.3, 0.4) is 0 Å². The van der Waals surface area contributed by atoms with Crippen molar-refractivity contribution in [2.24, 2.45) is 0 Å². The first-order chi connectivity index (χ1) is 10.0. The van der Waals surface area contributed by atoms with E-state index in [0.717, 1.165) is 10.6 Å². The summed E-state index contributed by atoms with van der Waals surface area (Å²) in [6, 6.07) is 0.972. The van der Waals surface area contributed by atoms with Crippen molar-refractivity contribution in [2.75, 3.05) is 31.0 Å². The van der Waals surface area contributed by atoms with Crippen molar-refractivity contribution in [3.05, 3.63) is 24.2 Å². The number of fused-ring (bicyclic) bond motifs is 1. The fourth-order valence-corrected chi connectivity index (χ4v) is 1.84. The largest absolute Gasteiger partial charge is 0.435 e. The molecule has 2 rings (SSSR count). The van der Waals surface area contributed by atoms with Crippen LogP contribution in [-0.4, -0.2) is 40.2 Å². The second-order valence-electron chi connectivity index (χ2n) is 4.21. The SMILES string of the molecule is FC(F)(F)c1cc2c(NCCCOCCCl)nccn2n1. The number of halogens is 4. The van der Waals surface area contributed by atoms with Crippen molar-refractivity contribution in [3.8, 4) is 0 Å². The van der Waals surface area contributed by atoms with E-state index in [9.17, 15) is 13.2 Å². The summed E-state index contributed by atoms with van der Waals surface area (Å²) < 4.78 is 44.3. The van der Waals surface area contributed by atoms with Gasteiger partial charge in [-0.05, 0) is 6.42 Å². The number of rotatable bonds is 7. The molecule has 2 aromatic rings. The van der Waals surface area contributed by atoms with Crippen molar-refractivity contribution < 1.29 is 17.9 Å². The zero-order valence-electron chi connectivity index (χ0n) is 11.0. The van der Waals surface area contributed by atoms with Crippen LogP contribution < -0.4 is 5.32 Å². The Morgan fingerprint density at radius 3 is 2.86 bits per heavy atom.